The second-order valence-electron chi connectivity index (χ2n) is 5.10. The topological polar surface area (TPSA) is 96.5 Å². The maximum absolute atomic E-state index is 12.4. The zero-order chi connectivity index (χ0) is 14.8. The van der Waals surface area contributed by atoms with Gasteiger partial charge in [-0.3, -0.25) is 9.78 Å². The van der Waals surface area contributed by atoms with Gasteiger partial charge in [0.1, 0.15) is 5.54 Å². The molecule has 1 fully saturated rings. The van der Waals surface area contributed by atoms with Gasteiger partial charge >= 0.3 is 5.97 Å². The van der Waals surface area contributed by atoms with E-state index in [0.29, 0.717) is 30.8 Å². The van der Waals surface area contributed by atoms with Gasteiger partial charge in [-0.15, -0.1) is 0 Å². The van der Waals surface area contributed by atoms with E-state index >= 15 is 0 Å². The number of aromatic nitrogens is 1. The summed E-state index contributed by atoms with van der Waals surface area (Å²) in [7, 11) is 0. The zero-order valence-electron chi connectivity index (χ0n) is 11.5. The third-order valence-corrected chi connectivity index (χ3v) is 3.95. The fourth-order valence-electron chi connectivity index (χ4n) is 2.77. The van der Waals surface area contributed by atoms with Crippen LogP contribution in [0, 0.1) is 0 Å². The van der Waals surface area contributed by atoms with E-state index in [-0.39, 0.29) is 12.3 Å². The number of nitrogens with two attached hydrogens (primary N) is 1. The number of carbonyl (C=O) groups excluding carboxylic acids is 1. The first-order valence-corrected chi connectivity index (χ1v) is 6.74. The predicted molar refractivity (Wildman–Crippen MR) is 74.0 cm³/mol. The summed E-state index contributed by atoms with van der Waals surface area (Å²) < 4.78 is 0. The van der Waals surface area contributed by atoms with Crippen LogP contribution >= 0.6 is 0 Å². The lowest BCUT2D eigenvalue weighted by Crippen LogP contribution is -2.53. The van der Waals surface area contributed by atoms with Crippen LogP contribution in [-0.2, 0) is 16.0 Å². The van der Waals surface area contributed by atoms with Crippen molar-refractivity contribution in [2.24, 2.45) is 0 Å². The molecule has 1 aliphatic heterocycles. The Labute approximate surface area is 117 Å². The number of nitrogens with zero attached hydrogens (tertiary/aromatic N) is 2. The Bertz CT molecular complexity index is 515. The Morgan fingerprint density at radius 3 is 2.80 bits per heavy atom. The molecule has 6 nitrogen and oxygen atoms in total. The fourth-order valence-corrected chi connectivity index (χ4v) is 2.77. The van der Waals surface area contributed by atoms with E-state index in [0.717, 1.165) is 6.42 Å². The van der Waals surface area contributed by atoms with Crippen molar-refractivity contribution in [2.45, 2.75) is 38.1 Å². The van der Waals surface area contributed by atoms with Crippen molar-refractivity contribution in [2.75, 3.05) is 12.3 Å². The van der Waals surface area contributed by atoms with Crippen LogP contribution in [0.2, 0.25) is 0 Å². The number of pyridine rings is 1. The highest BCUT2D eigenvalue weighted by Crippen LogP contribution is 2.33. The van der Waals surface area contributed by atoms with Crippen LogP contribution in [0.25, 0.3) is 0 Å². The molecule has 6 heteroatoms. The normalized spacial score (nSPS) is 21.9. The van der Waals surface area contributed by atoms with Crippen LogP contribution in [0.3, 0.4) is 0 Å². The summed E-state index contributed by atoms with van der Waals surface area (Å²) >= 11 is 0. The third kappa shape index (κ3) is 2.45. The van der Waals surface area contributed by atoms with Gasteiger partial charge in [0, 0.05) is 12.2 Å². The van der Waals surface area contributed by atoms with Gasteiger partial charge in [0.15, 0.2) is 0 Å². The maximum atomic E-state index is 12.4. The number of hydrogen-bond acceptors (Lipinski definition) is 4. The van der Waals surface area contributed by atoms with Crippen molar-refractivity contribution in [3.05, 3.63) is 24.0 Å². The van der Waals surface area contributed by atoms with E-state index in [1.807, 2.05) is 0 Å². The number of carboxylic acid groups (broad SMARTS) is 1. The summed E-state index contributed by atoms with van der Waals surface area (Å²) in [6, 6.07) is 3.38. The van der Waals surface area contributed by atoms with E-state index in [1.165, 1.54) is 11.1 Å². The molecule has 0 aliphatic carbocycles. The highest BCUT2D eigenvalue weighted by atomic mass is 16.4. The molecular formula is C14H19N3O3. The number of anilines is 1. The number of amides is 1. The SMILES string of the molecule is CCC1(C(=O)O)CCCN1C(=O)Cc1ccc(N)cn1. The molecule has 1 saturated heterocycles. The zero-order valence-corrected chi connectivity index (χ0v) is 11.5. The van der Waals surface area contributed by atoms with Crippen LogP contribution < -0.4 is 5.73 Å². The number of aliphatic carboxylic acids is 1. The van der Waals surface area contributed by atoms with Crippen molar-refractivity contribution in [1.29, 1.82) is 0 Å². The number of likely N-dealkylation sites (tertiary alicyclic amines) is 1. The summed E-state index contributed by atoms with van der Waals surface area (Å²) in [6.07, 6.45) is 3.26. The Balaban J connectivity index is 2.15. The van der Waals surface area contributed by atoms with Gasteiger partial charge in [-0.05, 0) is 31.4 Å². The fraction of sp³-hybridized carbons (Fsp3) is 0.500. The minimum atomic E-state index is -1.05. The van der Waals surface area contributed by atoms with Gasteiger partial charge in [0.2, 0.25) is 5.91 Å². The number of nitrogen functional groups attached to an aromatic ring is 1. The van der Waals surface area contributed by atoms with Crippen LogP contribution in [-0.4, -0.2) is 39.0 Å². The third-order valence-electron chi connectivity index (χ3n) is 3.95. The Morgan fingerprint density at radius 2 is 2.25 bits per heavy atom. The lowest BCUT2D eigenvalue weighted by atomic mass is 9.92. The summed E-state index contributed by atoms with van der Waals surface area (Å²) in [5, 5.41) is 9.46. The van der Waals surface area contributed by atoms with E-state index in [9.17, 15) is 14.7 Å². The average Bonchev–Trinajstić information content (AvgIpc) is 2.86. The van der Waals surface area contributed by atoms with Gasteiger partial charge in [0.05, 0.1) is 18.3 Å². The number of rotatable bonds is 4. The largest absolute Gasteiger partial charge is 0.479 e. The molecule has 1 atom stereocenters. The van der Waals surface area contributed by atoms with Crippen molar-refractivity contribution >= 4 is 17.6 Å². The lowest BCUT2D eigenvalue weighted by molar-refractivity contribution is -0.156. The molecule has 3 N–H and O–H groups in total. The highest BCUT2D eigenvalue weighted by molar-refractivity contribution is 5.88. The van der Waals surface area contributed by atoms with Crippen LogP contribution in [0.5, 0.6) is 0 Å². The second kappa shape index (κ2) is 5.48. The molecule has 2 heterocycles. The first-order chi connectivity index (χ1) is 9.49. The first-order valence-electron chi connectivity index (χ1n) is 6.74. The monoisotopic (exact) mass is 277 g/mol. The van der Waals surface area contributed by atoms with Crippen molar-refractivity contribution in [3.8, 4) is 0 Å². The minimum Gasteiger partial charge on any atom is -0.479 e. The highest BCUT2D eigenvalue weighted by Gasteiger charge is 2.48. The molecule has 1 amide bonds. The summed E-state index contributed by atoms with van der Waals surface area (Å²) in [5.41, 5.74) is 5.64. The van der Waals surface area contributed by atoms with Crippen LogP contribution in [0.15, 0.2) is 18.3 Å². The molecule has 0 aromatic carbocycles. The smallest absolute Gasteiger partial charge is 0.329 e. The van der Waals surface area contributed by atoms with Gasteiger partial charge in [-0.2, -0.15) is 0 Å². The molecule has 1 aliphatic rings. The average molecular weight is 277 g/mol. The molecule has 2 rings (SSSR count). The molecule has 20 heavy (non-hydrogen) atoms. The van der Waals surface area contributed by atoms with E-state index in [1.54, 1.807) is 19.1 Å². The Morgan fingerprint density at radius 1 is 1.50 bits per heavy atom. The second-order valence-corrected chi connectivity index (χ2v) is 5.10. The lowest BCUT2D eigenvalue weighted by Gasteiger charge is -2.33. The molecular weight excluding hydrogens is 258 g/mol. The van der Waals surface area contributed by atoms with Gasteiger partial charge < -0.3 is 15.7 Å². The van der Waals surface area contributed by atoms with Gasteiger partial charge in [-0.25, -0.2) is 4.79 Å². The Kier molecular flexibility index (Phi) is 3.92. The Hall–Kier alpha value is -2.11. The maximum Gasteiger partial charge on any atom is 0.329 e. The van der Waals surface area contributed by atoms with Crippen molar-refractivity contribution < 1.29 is 14.7 Å². The molecule has 0 spiro atoms. The quantitative estimate of drug-likeness (QED) is 0.857. The number of hydrogen-bond donors (Lipinski definition) is 2. The van der Waals surface area contributed by atoms with Crippen molar-refractivity contribution in [1.82, 2.24) is 9.88 Å². The molecule has 1 aromatic rings. The minimum absolute atomic E-state index is 0.106. The summed E-state index contributed by atoms with van der Waals surface area (Å²) in [6.45, 7) is 2.30. The molecule has 108 valence electrons. The number of carbonyl (C=O) groups is 2. The van der Waals surface area contributed by atoms with E-state index in [4.69, 9.17) is 5.73 Å². The number of carboxylic acids is 1. The molecule has 0 bridgehead atoms. The van der Waals surface area contributed by atoms with Crippen molar-refractivity contribution in [3.63, 3.8) is 0 Å². The van der Waals surface area contributed by atoms with Gasteiger partial charge in [-0.1, -0.05) is 6.92 Å². The van der Waals surface area contributed by atoms with Crippen LogP contribution in [0.1, 0.15) is 31.9 Å². The predicted octanol–water partition coefficient (Wildman–Crippen LogP) is 1.06. The van der Waals surface area contributed by atoms with Crippen LogP contribution in [0.4, 0.5) is 5.69 Å². The van der Waals surface area contributed by atoms with Gasteiger partial charge in [0.25, 0.3) is 0 Å². The summed E-state index contributed by atoms with van der Waals surface area (Å²) in [5.74, 6) is -1.11. The standard InChI is InChI=1S/C14H19N3O3/c1-2-14(13(19)20)6-3-7-17(14)12(18)8-11-5-4-10(15)9-16-11/h4-5,9H,2-3,6-8,15H2,1H3,(H,19,20). The molecule has 0 radical (unpaired) electrons. The van der Waals surface area contributed by atoms with E-state index < -0.39 is 11.5 Å². The molecule has 0 saturated carbocycles. The van der Waals surface area contributed by atoms with E-state index in [2.05, 4.69) is 4.98 Å². The first kappa shape index (κ1) is 14.3. The summed E-state index contributed by atoms with van der Waals surface area (Å²) in [4.78, 5) is 29.5. The molecule has 1 aromatic heterocycles. The molecule has 1 unspecified atom stereocenters.